The minimum absolute atomic E-state index is 0.490. The van der Waals surface area contributed by atoms with Crippen molar-refractivity contribution in [3.05, 3.63) is 18.2 Å². The second-order valence-corrected chi connectivity index (χ2v) is 4.48. The van der Waals surface area contributed by atoms with Crippen molar-refractivity contribution in [2.45, 2.75) is 39.3 Å². The van der Waals surface area contributed by atoms with Crippen LogP contribution in [0.5, 0.6) is 0 Å². The van der Waals surface area contributed by atoms with E-state index in [1.165, 1.54) is 18.7 Å². The molecule has 3 heteroatoms. The Labute approximate surface area is 85.5 Å². The molecule has 2 heterocycles. The van der Waals surface area contributed by atoms with Crippen LogP contribution in [0.2, 0.25) is 0 Å². The van der Waals surface area contributed by atoms with Gasteiger partial charge in [-0.05, 0) is 25.3 Å². The molecule has 0 saturated carbocycles. The van der Waals surface area contributed by atoms with Crippen molar-refractivity contribution in [2.24, 2.45) is 5.92 Å². The average Bonchev–Trinajstić information content (AvgIpc) is 2.70. The first-order valence-electron chi connectivity index (χ1n) is 5.52. The Hall–Kier alpha value is -0.830. The van der Waals surface area contributed by atoms with Gasteiger partial charge in [0.05, 0.1) is 6.04 Å². The minimum atomic E-state index is 0.490. The van der Waals surface area contributed by atoms with Gasteiger partial charge in [0.1, 0.15) is 5.82 Å². The molecule has 1 aromatic rings. The maximum Gasteiger partial charge on any atom is 0.125 e. The van der Waals surface area contributed by atoms with Crippen LogP contribution in [-0.2, 0) is 6.54 Å². The van der Waals surface area contributed by atoms with E-state index in [0.29, 0.717) is 12.0 Å². The summed E-state index contributed by atoms with van der Waals surface area (Å²) in [7, 11) is 0. The fourth-order valence-corrected chi connectivity index (χ4v) is 2.08. The molecule has 3 nitrogen and oxygen atoms in total. The van der Waals surface area contributed by atoms with Crippen molar-refractivity contribution in [1.29, 1.82) is 0 Å². The molecule has 0 spiro atoms. The van der Waals surface area contributed by atoms with Gasteiger partial charge in [0, 0.05) is 18.9 Å². The Kier molecular flexibility index (Phi) is 2.87. The predicted molar refractivity (Wildman–Crippen MR) is 57.0 cm³/mol. The summed E-state index contributed by atoms with van der Waals surface area (Å²) in [5.41, 5.74) is 0. The monoisotopic (exact) mass is 193 g/mol. The summed E-state index contributed by atoms with van der Waals surface area (Å²) in [6.07, 6.45) is 6.52. The van der Waals surface area contributed by atoms with Crippen LogP contribution in [0.25, 0.3) is 0 Å². The van der Waals surface area contributed by atoms with Gasteiger partial charge >= 0.3 is 0 Å². The molecular weight excluding hydrogens is 174 g/mol. The molecule has 0 bridgehead atoms. The van der Waals surface area contributed by atoms with Gasteiger partial charge in [-0.1, -0.05) is 13.8 Å². The third-order valence-electron chi connectivity index (χ3n) is 2.68. The lowest BCUT2D eigenvalue weighted by Crippen LogP contribution is -2.19. The van der Waals surface area contributed by atoms with Crippen LogP contribution in [0.15, 0.2) is 12.4 Å². The molecule has 1 atom stereocenters. The van der Waals surface area contributed by atoms with Gasteiger partial charge < -0.3 is 9.88 Å². The van der Waals surface area contributed by atoms with Gasteiger partial charge in [-0.2, -0.15) is 0 Å². The van der Waals surface area contributed by atoms with Gasteiger partial charge in [-0.15, -0.1) is 0 Å². The molecule has 0 amide bonds. The Morgan fingerprint density at radius 3 is 3.14 bits per heavy atom. The summed E-state index contributed by atoms with van der Waals surface area (Å²) in [5.74, 6) is 1.90. The van der Waals surface area contributed by atoms with Crippen LogP contribution in [0.4, 0.5) is 0 Å². The van der Waals surface area contributed by atoms with Gasteiger partial charge in [-0.3, -0.25) is 0 Å². The van der Waals surface area contributed by atoms with Crippen LogP contribution in [-0.4, -0.2) is 16.1 Å². The molecule has 2 rings (SSSR count). The molecule has 0 radical (unpaired) electrons. The maximum absolute atomic E-state index is 4.45. The van der Waals surface area contributed by atoms with Crippen molar-refractivity contribution in [1.82, 2.24) is 14.9 Å². The zero-order chi connectivity index (χ0) is 9.97. The number of imidazole rings is 1. The summed E-state index contributed by atoms with van der Waals surface area (Å²) in [6, 6.07) is 0.490. The summed E-state index contributed by atoms with van der Waals surface area (Å²) >= 11 is 0. The second kappa shape index (κ2) is 4.13. The lowest BCUT2D eigenvalue weighted by molar-refractivity contribution is 0.476. The number of rotatable bonds is 3. The van der Waals surface area contributed by atoms with E-state index in [2.05, 4.69) is 34.9 Å². The second-order valence-electron chi connectivity index (χ2n) is 4.48. The molecule has 0 aromatic carbocycles. The topological polar surface area (TPSA) is 29.9 Å². The van der Waals surface area contributed by atoms with Crippen LogP contribution in [0.3, 0.4) is 0 Å². The molecule has 1 aromatic heterocycles. The SMILES string of the molecule is CC(C)Cn1ccnc1C1CCCN1. The summed E-state index contributed by atoms with van der Waals surface area (Å²) in [5, 5.41) is 3.49. The number of nitrogens with one attached hydrogen (secondary N) is 1. The van der Waals surface area contributed by atoms with E-state index >= 15 is 0 Å². The summed E-state index contributed by atoms with van der Waals surface area (Å²) in [4.78, 5) is 4.45. The number of hydrogen-bond acceptors (Lipinski definition) is 2. The zero-order valence-electron chi connectivity index (χ0n) is 9.03. The number of nitrogens with zero attached hydrogens (tertiary/aromatic N) is 2. The van der Waals surface area contributed by atoms with E-state index < -0.39 is 0 Å². The number of hydrogen-bond donors (Lipinski definition) is 1. The summed E-state index contributed by atoms with van der Waals surface area (Å²) in [6.45, 7) is 6.70. The van der Waals surface area contributed by atoms with E-state index in [0.717, 1.165) is 13.1 Å². The fourth-order valence-electron chi connectivity index (χ4n) is 2.08. The lowest BCUT2D eigenvalue weighted by atomic mass is 10.2. The molecule has 14 heavy (non-hydrogen) atoms. The maximum atomic E-state index is 4.45. The Morgan fingerprint density at radius 2 is 2.50 bits per heavy atom. The first-order valence-corrected chi connectivity index (χ1v) is 5.52. The van der Waals surface area contributed by atoms with Crippen molar-refractivity contribution in [3.8, 4) is 0 Å². The Bertz CT molecular complexity index is 284. The minimum Gasteiger partial charge on any atom is -0.333 e. The molecule has 78 valence electrons. The third kappa shape index (κ3) is 1.98. The molecule has 1 aliphatic rings. The average molecular weight is 193 g/mol. The fraction of sp³-hybridized carbons (Fsp3) is 0.727. The summed E-state index contributed by atoms with van der Waals surface area (Å²) < 4.78 is 2.29. The molecule has 1 aliphatic heterocycles. The Balaban J connectivity index is 2.12. The van der Waals surface area contributed by atoms with Gasteiger partial charge in [-0.25, -0.2) is 4.98 Å². The quantitative estimate of drug-likeness (QED) is 0.795. The van der Waals surface area contributed by atoms with Crippen molar-refractivity contribution in [3.63, 3.8) is 0 Å². The number of aromatic nitrogens is 2. The predicted octanol–water partition coefficient (Wildman–Crippen LogP) is 1.96. The van der Waals surface area contributed by atoms with E-state index in [9.17, 15) is 0 Å². The van der Waals surface area contributed by atoms with E-state index in [1.54, 1.807) is 0 Å². The first kappa shape index (κ1) is 9.71. The molecule has 1 unspecified atom stereocenters. The Morgan fingerprint density at radius 1 is 1.64 bits per heavy atom. The van der Waals surface area contributed by atoms with E-state index in [-0.39, 0.29) is 0 Å². The molecule has 1 saturated heterocycles. The standard InChI is InChI=1S/C11H19N3/c1-9(2)8-14-7-6-13-11(14)10-4-3-5-12-10/h6-7,9-10,12H,3-5,8H2,1-2H3. The zero-order valence-corrected chi connectivity index (χ0v) is 9.03. The van der Waals surface area contributed by atoms with Crippen molar-refractivity contribution < 1.29 is 0 Å². The highest BCUT2D eigenvalue weighted by atomic mass is 15.1. The first-order chi connectivity index (χ1) is 6.77. The lowest BCUT2D eigenvalue weighted by Gasteiger charge is -2.14. The van der Waals surface area contributed by atoms with Gasteiger partial charge in [0.2, 0.25) is 0 Å². The smallest absolute Gasteiger partial charge is 0.125 e. The van der Waals surface area contributed by atoms with Crippen molar-refractivity contribution >= 4 is 0 Å². The normalized spacial score (nSPS) is 22.1. The highest BCUT2D eigenvalue weighted by Crippen LogP contribution is 2.21. The van der Waals surface area contributed by atoms with Crippen LogP contribution >= 0.6 is 0 Å². The van der Waals surface area contributed by atoms with Crippen LogP contribution in [0.1, 0.15) is 38.6 Å². The van der Waals surface area contributed by atoms with E-state index in [4.69, 9.17) is 0 Å². The third-order valence-corrected chi connectivity index (χ3v) is 2.68. The molecular formula is C11H19N3. The molecule has 1 N–H and O–H groups in total. The largest absolute Gasteiger partial charge is 0.333 e. The highest BCUT2D eigenvalue weighted by molar-refractivity contribution is 5.01. The van der Waals surface area contributed by atoms with Crippen LogP contribution < -0.4 is 5.32 Å². The van der Waals surface area contributed by atoms with Gasteiger partial charge in [0.25, 0.3) is 0 Å². The highest BCUT2D eigenvalue weighted by Gasteiger charge is 2.20. The molecule has 1 fully saturated rings. The van der Waals surface area contributed by atoms with Gasteiger partial charge in [0.15, 0.2) is 0 Å². The van der Waals surface area contributed by atoms with Crippen molar-refractivity contribution in [2.75, 3.05) is 6.54 Å². The molecule has 0 aliphatic carbocycles. The van der Waals surface area contributed by atoms with E-state index in [1.807, 2.05) is 6.20 Å². The van der Waals surface area contributed by atoms with Crippen LogP contribution in [0, 0.1) is 5.92 Å².